The summed E-state index contributed by atoms with van der Waals surface area (Å²) in [4.78, 5) is 21.5. The van der Waals surface area contributed by atoms with E-state index in [1.807, 2.05) is 6.07 Å². The molecule has 3 aromatic rings. The molecule has 0 radical (unpaired) electrons. The normalized spacial score (nSPS) is 16.2. The van der Waals surface area contributed by atoms with E-state index in [1.54, 1.807) is 4.90 Å². The summed E-state index contributed by atoms with van der Waals surface area (Å²) in [6.45, 7) is 3.89. The fourth-order valence-corrected chi connectivity index (χ4v) is 4.32. The largest absolute Gasteiger partial charge is 0.452 e. The molecule has 6 heteroatoms. The number of ether oxygens (including phenoxy) is 1. The first-order valence-electron chi connectivity index (χ1n) is 10.6. The second-order valence-electron chi connectivity index (χ2n) is 8.30. The van der Waals surface area contributed by atoms with E-state index in [-0.39, 0.29) is 12.1 Å². The minimum Gasteiger partial charge on any atom is -0.452 e. The fourth-order valence-electron chi connectivity index (χ4n) is 4.32. The Morgan fingerprint density at radius 2 is 1.97 bits per heavy atom. The van der Waals surface area contributed by atoms with Gasteiger partial charge in [0.25, 0.3) is 0 Å². The molecule has 2 heterocycles. The van der Waals surface area contributed by atoms with Crippen LogP contribution in [0.15, 0.2) is 42.5 Å². The molecule has 0 saturated carbocycles. The number of hydrogen-bond donors (Lipinski definition) is 0. The highest BCUT2D eigenvalue weighted by atomic mass is 16.5. The number of carbonyl (C=O) groups excluding carboxylic acids is 1. The summed E-state index contributed by atoms with van der Waals surface area (Å²) in [7, 11) is 5.62. The number of imidazole rings is 1. The summed E-state index contributed by atoms with van der Waals surface area (Å²) in [6, 6.07) is 14.7. The molecule has 1 aromatic heterocycles. The second kappa shape index (κ2) is 8.48. The summed E-state index contributed by atoms with van der Waals surface area (Å²) < 4.78 is 7.39. The third-order valence-electron chi connectivity index (χ3n) is 5.94. The van der Waals surface area contributed by atoms with E-state index in [2.05, 4.69) is 66.9 Å². The average molecular weight is 407 g/mol. The lowest BCUT2D eigenvalue weighted by Crippen LogP contribution is -2.42. The summed E-state index contributed by atoms with van der Waals surface area (Å²) in [5, 5.41) is 0. The van der Waals surface area contributed by atoms with Gasteiger partial charge in [0.15, 0.2) is 0 Å². The number of likely N-dealkylation sites (N-methyl/N-ethyl adjacent to an activating group) is 1. The van der Waals surface area contributed by atoms with Crippen molar-refractivity contribution in [1.29, 1.82) is 0 Å². The number of aryl methyl sites for hydroxylation is 1. The zero-order valence-electron chi connectivity index (χ0n) is 18.3. The van der Waals surface area contributed by atoms with Gasteiger partial charge in [-0.1, -0.05) is 30.3 Å². The van der Waals surface area contributed by atoms with Gasteiger partial charge in [-0.05, 0) is 51.6 Å². The number of rotatable bonds is 5. The summed E-state index contributed by atoms with van der Waals surface area (Å²) >= 11 is 0. The van der Waals surface area contributed by atoms with E-state index >= 15 is 0 Å². The van der Waals surface area contributed by atoms with Crippen LogP contribution in [-0.2, 0) is 24.1 Å². The van der Waals surface area contributed by atoms with E-state index in [4.69, 9.17) is 9.72 Å². The Hall–Kier alpha value is -2.86. The number of carbonyl (C=O) groups is 1. The molecule has 1 amide bonds. The number of hydrogen-bond acceptors (Lipinski definition) is 4. The van der Waals surface area contributed by atoms with Gasteiger partial charge >= 0.3 is 6.09 Å². The van der Waals surface area contributed by atoms with Gasteiger partial charge in [-0.3, -0.25) is 4.90 Å². The smallest absolute Gasteiger partial charge is 0.414 e. The summed E-state index contributed by atoms with van der Waals surface area (Å²) in [5.74, 6) is 1.06. The third-order valence-corrected chi connectivity index (χ3v) is 5.94. The molecule has 0 saturated heterocycles. The first-order chi connectivity index (χ1) is 14.5. The highest BCUT2D eigenvalue weighted by Crippen LogP contribution is 2.36. The topological polar surface area (TPSA) is 50.6 Å². The molecule has 1 atom stereocenters. The highest BCUT2D eigenvalue weighted by molar-refractivity contribution is 5.95. The maximum Gasteiger partial charge on any atom is 0.414 e. The van der Waals surface area contributed by atoms with Gasteiger partial charge in [0, 0.05) is 31.1 Å². The summed E-state index contributed by atoms with van der Waals surface area (Å²) in [6.07, 6.45) is 2.30. The highest BCUT2D eigenvalue weighted by Gasteiger charge is 2.31. The molecular weight excluding hydrogens is 376 g/mol. The molecule has 0 spiro atoms. The molecule has 1 aliphatic heterocycles. The number of amides is 1. The maximum absolute atomic E-state index is 12.4. The number of fused-ring (bicyclic) bond motifs is 3. The molecule has 6 nitrogen and oxygen atoms in total. The predicted molar refractivity (Wildman–Crippen MR) is 120 cm³/mol. The minimum atomic E-state index is -0.306. The van der Waals surface area contributed by atoms with Crippen molar-refractivity contribution in [3.05, 3.63) is 59.4 Å². The molecule has 0 aliphatic carbocycles. The Labute approximate surface area is 178 Å². The van der Waals surface area contributed by atoms with Crippen molar-refractivity contribution in [2.45, 2.75) is 38.8 Å². The molecule has 30 heavy (non-hydrogen) atoms. The Bertz CT molecular complexity index is 1040. The molecule has 0 N–H and O–H groups in total. The van der Waals surface area contributed by atoms with Crippen LogP contribution in [0.1, 0.15) is 30.3 Å². The Morgan fingerprint density at radius 1 is 1.20 bits per heavy atom. The maximum atomic E-state index is 12.4. The second-order valence-corrected chi connectivity index (χ2v) is 8.30. The minimum absolute atomic E-state index is 0.113. The van der Waals surface area contributed by atoms with Crippen LogP contribution < -0.4 is 4.90 Å². The van der Waals surface area contributed by atoms with Crippen molar-refractivity contribution in [1.82, 2.24) is 14.5 Å². The van der Waals surface area contributed by atoms with Crippen LogP contribution in [0.25, 0.3) is 11.0 Å². The van der Waals surface area contributed by atoms with E-state index in [1.165, 1.54) is 12.7 Å². The number of nitrogens with zero attached hydrogens (tertiary/aromatic N) is 4. The zero-order chi connectivity index (χ0) is 21.3. The van der Waals surface area contributed by atoms with Crippen LogP contribution in [-0.4, -0.2) is 54.3 Å². The Morgan fingerprint density at radius 3 is 2.67 bits per heavy atom. The van der Waals surface area contributed by atoms with Crippen LogP contribution in [0.3, 0.4) is 0 Å². The van der Waals surface area contributed by atoms with Gasteiger partial charge in [0.1, 0.15) is 5.82 Å². The van der Waals surface area contributed by atoms with Gasteiger partial charge < -0.3 is 14.2 Å². The lowest BCUT2D eigenvalue weighted by molar-refractivity contribution is 0.175. The lowest BCUT2D eigenvalue weighted by atomic mass is 9.96. The van der Waals surface area contributed by atoms with Gasteiger partial charge in [-0.2, -0.15) is 0 Å². The molecule has 0 bridgehead atoms. The molecule has 0 fully saturated rings. The number of aromatic nitrogens is 2. The van der Waals surface area contributed by atoms with Crippen molar-refractivity contribution < 1.29 is 9.53 Å². The molecule has 2 aromatic carbocycles. The van der Waals surface area contributed by atoms with Crippen LogP contribution in [0.4, 0.5) is 10.5 Å². The quantitative estimate of drug-likeness (QED) is 0.640. The van der Waals surface area contributed by atoms with Crippen LogP contribution >= 0.6 is 0 Å². The van der Waals surface area contributed by atoms with E-state index in [0.29, 0.717) is 0 Å². The Kier molecular flexibility index (Phi) is 5.77. The molecular formula is C24H30N4O2. The first-order valence-corrected chi connectivity index (χ1v) is 10.6. The van der Waals surface area contributed by atoms with Crippen molar-refractivity contribution in [3.63, 3.8) is 0 Å². The SMILES string of the molecule is COC(=O)N1c2ccc3c(nc(Cc4ccccc4)n3CCN(C)C)c2CC[C@@H]1C. The lowest BCUT2D eigenvalue weighted by Gasteiger charge is -2.34. The first kappa shape index (κ1) is 20.4. The number of anilines is 1. The zero-order valence-corrected chi connectivity index (χ0v) is 18.3. The van der Waals surface area contributed by atoms with Crippen LogP contribution in [0.5, 0.6) is 0 Å². The van der Waals surface area contributed by atoms with Crippen LogP contribution in [0, 0.1) is 0 Å². The van der Waals surface area contributed by atoms with Crippen molar-refractivity contribution >= 4 is 22.8 Å². The molecule has 158 valence electrons. The fraction of sp³-hybridized carbons (Fsp3) is 0.417. The van der Waals surface area contributed by atoms with Gasteiger partial charge in [0.2, 0.25) is 0 Å². The van der Waals surface area contributed by atoms with E-state index < -0.39 is 0 Å². The monoisotopic (exact) mass is 406 g/mol. The van der Waals surface area contributed by atoms with Gasteiger partial charge in [0.05, 0.1) is 23.8 Å². The predicted octanol–water partition coefficient (Wildman–Crippen LogP) is 4.10. The number of benzene rings is 2. The van der Waals surface area contributed by atoms with Gasteiger partial charge in [-0.25, -0.2) is 9.78 Å². The van der Waals surface area contributed by atoms with E-state index in [9.17, 15) is 4.79 Å². The van der Waals surface area contributed by atoms with Crippen molar-refractivity contribution in [2.75, 3.05) is 32.6 Å². The van der Waals surface area contributed by atoms with E-state index in [0.717, 1.165) is 60.5 Å². The molecule has 4 rings (SSSR count). The third kappa shape index (κ3) is 3.79. The van der Waals surface area contributed by atoms with Crippen molar-refractivity contribution in [2.24, 2.45) is 0 Å². The Balaban J connectivity index is 1.83. The average Bonchev–Trinajstić information content (AvgIpc) is 3.09. The molecule has 1 aliphatic rings. The van der Waals surface area contributed by atoms with Crippen molar-refractivity contribution in [3.8, 4) is 0 Å². The molecule has 0 unspecified atom stereocenters. The van der Waals surface area contributed by atoms with Gasteiger partial charge in [-0.15, -0.1) is 0 Å². The standard InChI is InChI=1S/C24H30N4O2/c1-17-10-11-19-20(28(17)24(29)30-4)12-13-21-23(19)25-22(27(21)15-14-26(2)3)16-18-8-6-5-7-9-18/h5-9,12-13,17H,10-11,14-16H2,1-4H3/t17-/m0/s1. The number of methoxy groups -OCH3 is 1. The summed E-state index contributed by atoms with van der Waals surface area (Å²) in [5.41, 5.74) is 5.47. The van der Waals surface area contributed by atoms with Crippen LogP contribution in [0.2, 0.25) is 0 Å².